The van der Waals surface area contributed by atoms with E-state index in [0.717, 1.165) is 16.5 Å². The molecule has 1 aliphatic heterocycles. The highest BCUT2D eigenvalue weighted by atomic mass is 16.6. The van der Waals surface area contributed by atoms with Crippen molar-refractivity contribution in [3.63, 3.8) is 0 Å². The molecule has 0 saturated carbocycles. The van der Waals surface area contributed by atoms with Crippen LogP contribution in [-0.4, -0.2) is 79.8 Å². The van der Waals surface area contributed by atoms with Crippen molar-refractivity contribution >= 4 is 16.9 Å². The first-order valence-corrected chi connectivity index (χ1v) is 8.26. The molecule has 6 atom stereocenters. The Morgan fingerprint density at radius 3 is 2.62 bits per heavy atom. The summed E-state index contributed by atoms with van der Waals surface area (Å²) in [6.45, 7) is -0.580. The van der Waals surface area contributed by atoms with E-state index in [9.17, 15) is 30.3 Å². The Bertz CT molecular complexity index is 762. The van der Waals surface area contributed by atoms with E-state index >= 15 is 0 Å². The molecule has 3 rings (SSSR count). The molecule has 1 saturated heterocycles. The lowest BCUT2D eigenvalue weighted by molar-refractivity contribution is -0.238. The molecule has 9 heteroatoms. The monoisotopic (exact) mass is 366 g/mol. The van der Waals surface area contributed by atoms with Crippen LogP contribution in [0.5, 0.6) is 0 Å². The molecular formula is C17H22N2O7. The van der Waals surface area contributed by atoms with Crippen molar-refractivity contribution < 1.29 is 35.1 Å². The second kappa shape index (κ2) is 7.70. The molecule has 0 spiro atoms. The highest BCUT2D eigenvalue weighted by Crippen LogP contribution is 2.22. The third kappa shape index (κ3) is 3.58. The van der Waals surface area contributed by atoms with Gasteiger partial charge in [-0.1, -0.05) is 18.2 Å². The molecule has 1 fully saturated rings. The molecule has 26 heavy (non-hydrogen) atoms. The average Bonchev–Trinajstić information content (AvgIpc) is 3.04. The number of carboxylic acids is 1. The lowest BCUT2D eigenvalue weighted by Gasteiger charge is -2.41. The van der Waals surface area contributed by atoms with Crippen molar-refractivity contribution in [2.24, 2.45) is 0 Å². The van der Waals surface area contributed by atoms with Crippen molar-refractivity contribution in [3.8, 4) is 0 Å². The summed E-state index contributed by atoms with van der Waals surface area (Å²) in [5, 5.41) is 52.0. The van der Waals surface area contributed by atoms with Gasteiger partial charge in [0.1, 0.15) is 36.7 Å². The number of rotatable bonds is 6. The molecule has 2 aromatic rings. The number of aromatic amines is 1. The van der Waals surface area contributed by atoms with Crippen LogP contribution >= 0.6 is 0 Å². The number of hydrogen-bond donors (Lipinski definition) is 7. The maximum absolute atomic E-state index is 11.7. The highest BCUT2D eigenvalue weighted by molar-refractivity contribution is 5.84. The fourth-order valence-electron chi connectivity index (χ4n) is 3.18. The number of H-pyrrole nitrogens is 1. The summed E-state index contributed by atoms with van der Waals surface area (Å²) in [6.07, 6.45) is -5.14. The molecule has 1 aromatic heterocycles. The van der Waals surface area contributed by atoms with E-state index in [-0.39, 0.29) is 6.42 Å². The number of aliphatic carboxylic acids is 1. The van der Waals surface area contributed by atoms with Gasteiger partial charge in [0.15, 0.2) is 0 Å². The largest absolute Gasteiger partial charge is 0.480 e. The van der Waals surface area contributed by atoms with Gasteiger partial charge >= 0.3 is 5.97 Å². The zero-order valence-corrected chi connectivity index (χ0v) is 13.8. The number of para-hydroxylation sites is 1. The maximum atomic E-state index is 11.7. The summed E-state index contributed by atoms with van der Waals surface area (Å²) in [7, 11) is 0. The summed E-state index contributed by atoms with van der Waals surface area (Å²) in [4.78, 5) is 14.7. The van der Waals surface area contributed by atoms with Crippen LogP contribution in [0.3, 0.4) is 0 Å². The predicted octanol–water partition coefficient (Wildman–Crippen LogP) is -1.45. The number of aliphatic hydroxyl groups excluding tert-OH is 4. The molecule has 0 aliphatic carbocycles. The quantitative estimate of drug-likeness (QED) is 0.328. The van der Waals surface area contributed by atoms with E-state index in [1.54, 1.807) is 6.20 Å². The predicted molar refractivity (Wildman–Crippen MR) is 90.3 cm³/mol. The van der Waals surface area contributed by atoms with Gasteiger partial charge in [0.25, 0.3) is 0 Å². The fraction of sp³-hybridized carbons (Fsp3) is 0.471. The van der Waals surface area contributed by atoms with Crippen LogP contribution in [0.15, 0.2) is 30.5 Å². The van der Waals surface area contributed by atoms with E-state index in [1.807, 2.05) is 24.3 Å². The number of carboxylic acid groups (broad SMARTS) is 1. The molecule has 7 N–H and O–H groups in total. The first kappa shape index (κ1) is 18.8. The van der Waals surface area contributed by atoms with E-state index in [1.165, 1.54) is 0 Å². The number of aromatic nitrogens is 1. The van der Waals surface area contributed by atoms with E-state index < -0.39 is 49.3 Å². The second-order valence-electron chi connectivity index (χ2n) is 6.37. The Hall–Kier alpha value is -2.01. The number of fused-ring (bicyclic) bond motifs is 1. The molecule has 0 unspecified atom stereocenters. The van der Waals surface area contributed by atoms with Crippen LogP contribution in [0, 0.1) is 0 Å². The van der Waals surface area contributed by atoms with Gasteiger partial charge < -0.3 is 35.3 Å². The number of carbonyl (C=O) groups is 1. The first-order chi connectivity index (χ1) is 12.4. The summed E-state index contributed by atoms with van der Waals surface area (Å²) in [6, 6.07) is 6.34. The summed E-state index contributed by atoms with van der Waals surface area (Å²) >= 11 is 0. The molecular weight excluding hydrogens is 344 g/mol. The van der Waals surface area contributed by atoms with Crippen molar-refractivity contribution in [2.45, 2.75) is 43.1 Å². The van der Waals surface area contributed by atoms with Crippen molar-refractivity contribution in [1.82, 2.24) is 10.3 Å². The lowest BCUT2D eigenvalue weighted by Crippen LogP contribution is -2.64. The number of ether oxygens (including phenoxy) is 1. The van der Waals surface area contributed by atoms with Gasteiger partial charge in [-0.05, 0) is 11.6 Å². The minimum Gasteiger partial charge on any atom is -0.480 e. The number of nitrogens with one attached hydrogen (secondary N) is 2. The van der Waals surface area contributed by atoms with Gasteiger partial charge in [-0.3, -0.25) is 10.1 Å². The SMILES string of the molecule is O=C(O)[C@H](Cc1c[nH]c2ccccc12)N[C@@H]1O[C@H](CO)[C@@H](O)[C@H](O)[C@H]1O. The normalized spacial score (nSPS) is 30.4. The third-order valence-corrected chi connectivity index (χ3v) is 4.65. The summed E-state index contributed by atoms with van der Waals surface area (Å²) in [5.41, 5.74) is 1.64. The number of hydrogen-bond acceptors (Lipinski definition) is 7. The number of benzene rings is 1. The molecule has 9 nitrogen and oxygen atoms in total. The summed E-state index contributed by atoms with van der Waals surface area (Å²) in [5.74, 6) is -1.16. The van der Waals surface area contributed by atoms with Crippen molar-refractivity contribution in [2.75, 3.05) is 6.61 Å². The molecule has 142 valence electrons. The Morgan fingerprint density at radius 1 is 1.19 bits per heavy atom. The van der Waals surface area contributed by atoms with Gasteiger partial charge in [0.05, 0.1) is 6.61 Å². The van der Waals surface area contributed by atoms with Crippen LogP contribution in [-0.2, 0) is 16.0 Å². The molecule has 0 bridgehead atoms. The molecule has 1 aliphatic rings. The van der Waals surface area contributed by atoms with Gasteiger partial charge in [-0.15, -0.1) is 0 Å². The van der Waals surface area contributed by atoms with Crippen molar-refractivity contribution in [1.29, 1.82) is 0 Å². The number of aliphatic hydroxyl groups is 4. The second-order valence-corrected chi connectivity index (χ2v) is 6.37. The zero-order valence-electron chi connectivity index (χ0n) is 13.8. The van der Waals surface area contributed by atoms with Crippen LogP contribution < -0.4 is 5.32 Å². The van der Waals surface area contributed by atoms with Crippen LogP contribution in [0.2, 0.25) is 0 Å². The standard InChI is InChI=1S/C17H22N2O7/c20-7-12-13(21)14(22)15(23)16(26-12)19-11(17(24)25)5-8-6-18-10-4-2-1-3-9(8)10/h1-4,6,11-16,18-23H,5,7H2,(H,24,25)/t11-,12+,13+,14-,15+,16+/m0/s1. The van der Waals surface area contributed by atoms with E-state index in [4.69, 9.17) is 4.74 Å². The minimum absolute atomic E-state index is 0.106. The molecule has 0 radical (unpaired) electrons. The van der Waals surface area contributed by atoms with Gasteiger partial charge in [-0.25, -0.2) is 0 Å². The molecule has 2 heterocycles. The molecule has 1 aromatic carbocycles. The Morgan fingerprint density at radius 2 is 1.92 bits per heavy atom. The minimum atomic E-state index is -1.57. The van der Waals surface area contributed by atoms with E-state index in [0.29, 0.717) is 0 Å². The van der Waals surface area contributed by atoms with Crippen LogP contribution in [0.1, 0.15) is 5.56 Å². The van der Waals surface area contributed by atoms with Gasteiger partial charge in [-0.2, -0.15) is 0 Å². The zero-order chi connectivity index (χ0) is 18.8. The highest BCUT2D eigenvalue weighted by Gasteiger charge is 2.44. The third-order valence-electron chi connectivity index (χ3n) is 4.65. The smallest absolute Gasteiger partial charge is 0.321 e. The van der Waals surface area contributed by atoms with Crippen LogP contribution in [0.4, 0.5) is 0 Å². The van der Waals surface area contributed by atoms with E-state index in [2.05, 4.69) is 10.3 Å². The molecule has 0 amide bonds. The Kier molecular flexibility index (Phi) is 5.56. The topological polar surface area (TPSA) is 155 Å². The van der Waals surface area contributed by atoms with Crippen LogP contribution in [0.25, 0.3) is 10.9 Å². The van der Waals surface area contributed by atoms with Gasteiger partial charge in [0, 0.05) is 23.5 Å². The van der Waals surface area contributed by atoms with Crippen molar-refractivity contribution in [3.05, 3.63) is 36.0 Å². The lowest BCUT2D eigenvalue weighted by atomic mass is 9.97. The van der Waals surface area contributed by atoms with Gasteiger partial charge in [0.2, 0.25) is 0 Å². The summed E-state index contributed by atoms with van der Waals surface area (Å²) < 4.78 is 5.33. The fourth-order valence-corrected chi connectivity index (χ4v) is 3.18. The average molecular weight is 366 g/mol. The maximum Gasteiger partial charge on any atom is 0.321 e. The Labute approximate surface area is 148 Å². The first-order valence-electron chi connectivity index (χ1n) is 8.26. The Balaban J connectivity index is 1.77.